The summed E-state index contributed by atoms with van der Waals surface area (Å²) in [5.41, 5.74) is 2.49. The molecule has 1 saturated heterocycles. The molecule has 0 N–H and O–H groups in total. The highest BCUT2D eigenvalue weighted by Gasteiger charge is 2.19. The van der Waals surface area contributed by atoms with E-state index < -0.39 is 0 Å². The van der Waals surface area contributed by atoms with E-state index in [0.717, 1.165) is 39.3 Å². The molecule has 1 aliphatic rings. The molecule has 0 saturated carbocycles. The molecule has 2 aromatic rings. The zero-order chi connectivity index (χ0) is 18.4. The number of piperazine rings is 1. The first-order valence-electron chi connectivity index (χ1n) is 8.86. The maximum Gasteiger partial charge on any atom is 0.203 e. The van der Waals surface area contributed by atoms with Crippen LogP contribution in [0.1, 0.15) is 11.1 Å². The molecule has 0 radical (unpaired) electrons. The average Bonchev–Trinajstić information content (AvgIpc) is 2.69. The van der Waals surface area contributed by atoms with Gasteiger partial charge in [0.1, 0.15) is 0 Å². The number of nitrogens with zero attached hydrogens (tertiary/aromatic N) is 3. The maximum absolute atomic E-state index is 5.46. The SMILES string of the molecule is COc1cc(CN2CCN(Cc3ccncc3)CC2)cc(OC)c1OC. The minimum atomic E-state index is 0.640. The van der Waals surface area contributed by atoms with Crippen molar-refractivity contribution < 1.29 is 14.2 Å². The molecule has 140 valence electrons. The maximum atomic E-state index is 5.46. The van der Waals surface area contributed by atoms with E-state index in [1.807, 2.05) is 24.5 Å². The highest BCUT2D eigenvalue weighted by atomic mass is 16.5. The molecule has 0 unspecified atom stereocenters. The Morgan fingerprint density at radius 2 is 1.27 bits per heavy atom. The van der Waals surface area contributed by atoms with Gasteiger partial charge in [0.2, 0.25) is 5.75 Å². The third-order valence-corrected chi connectivity index (χ3v) is 4.75. The number of methoxy groups -OCH3 is 3. The van der Waals surface area contributed by atoms with Gasteiger partial charge < -0.3 is 14.2 Å². The van der Waals surface area contributed by atoms with E-state index in [-0.39, 0.29) is 0 Å². The van der Waals surface area contributed by atoms with Crippen molar-refractivity contribution >= 4 is 0 Å². The smallest absolute Gasteiger partial charge is 0.203 e. The fourth-order valence-corrected chi connectivity index (χ4v) is 3.34. The lowest BCUT2D eigenvalue weighted by molar-refractivity contribution is 0.122. The summed E-state index contributed by atoms with van der Waals surface area (Å²) in [6.07, 6.45) is 3.71. The van der Waals surface area contributed by atoms with Crippen LogP contribution in [0.5, 0.6) is 17.2 Å². The second-order valence-electron chi connectivity index (χ2n) is 6.44. The van der Waals surface area contributed by atoms with Crippen molar-refractivity contribution in [3.63, 3.8) is 0 Å². The monoisotopic (exact) mass is 357 g/mol. The number of pyridine rings is 1. The minimum Gasteiger partial charge on any atom is -0.493 e. The van der Waals surface area contributed by atoms with Gasteiger partial charge in [-0.1, -0.05) is 0 Å². The molecule has 1 aliphatic heterocycles. The van der Waals surface area contributed by atoms with Crippen LogP contribution in [0.3, 0.4) is 0 Å². The largest absolute Gasteiger partial charge is 0.493 e. The summed E-state index contributed by atoms with van der Waals surface area (Å²) in [5, 5.41) is 0. The van der Waals surface area contributed by atoms with E-state index >= 15 is 0 Å². The van der Waals surface area contributed by atoms with Crippen LogP contribution >= 0.6 is 0 Å². The third kappa shape index (κ3) is 4.45. The van der Waals surface area contributed by atoms with Crippen LogP contribution in [-0.4, -0.2) is 62.3 Å². The molecular formula is C20H27N3O3. The fraction of sp³-hybridized carbons (Fsp3) is 0.450. The van der Waals surface area contributed by atoms with Crippen molar-refractivity contribution in [2.75, 3.05) is 47.5 Å². The van der Waals surface area contributed by atoms with E-state index in [9.17, 15) is 0 Å². The molecule has 0 atom stereocenters. The van der Waals surface area contributed by atoms with Gasteiger partial charge in [0.15, 0.2) is 11.5 Å². The normalized spacial score (nSPS) is 15.7. The van der Waals surface area contributed by atoms with Gasteiger partial charge in [-0.25, -0.2) is 0 Å². The first-order chi connectivity index (χ1) is 12.7. The Morgan fingerprint density at radius 1 is 0.769 bits per heavy atom. The average molecular weight is 357 g/mol. The van der Waals surface area contributed by atoms with E-state index in [0.29, 0.717) is 17.2 Å². The second-order valence-corrected chi connectivity index (χ2v) is 6.44. The lowest BCUT2D eigenvalue weighted by Crippen LogP contribution is -2.45. The van der Waals surface area contributed by atoms with Gasteiger partial charge in [-0.2, -0.15) is 0 Å². The van der Waals surface area contributed by atoms with Crippen molar-refractivity contribution in [3.05, 3.63) is 47.8 Å². The molecule has 6 nitrogen and oxygen atoms in total. The first kappa shape index (κ1) is 18.5. The van der Waals surface area contributed by atoms with Gasteiger partial charge >= 0.3 is 0 Å². The molecule has 0 aliphatic carbocycles. The molecule has 26 heavy (non-hydrogen) atoms. The Bertz CT molecular complexity index is 676. The lowest BCUT2D eigenvalue weighted by Gasteiger charge is -2.34. The Kier molecular flexibility index (Phi) is 6.30. The molecule has 1 fully saturated rings. The van der Waals surface area contributed by atoms with Crippen LogP contribution in [0.15, 0.2) is 36.7 Å². The molecule has 3 rings (SSSR count). The molecule has 0 bridgehead atoms. The Morgan fingerprint density at radius 3 is 1.73 bits per heavy atom. The molecule has 0 amide bonds. The minimum absolute atomic E-state index is 0.640. The van der Waals surface area contributed by atoms with Gasteiger partial charge in [0.25, 0.3) is 0 Å². The summed E-state index contributed by atoms with van der Waals surface area (Å²) >= 11 is 0. The Labute approximate surface area is 155 Å². The van der Waals surface area contributed by atoms with E-state index in [2.05, 4.69) is 26.9 Å². The van der Waals surface area contributed by atoms with Gasteiger partial charge in [0, 0.05) is 51.7 Å². The number of hydrogen-bond acceptors (Lipinski definition) is 6. The van der Waals surface area contributed by atoms with Crippen molar-refractivity contribution in [2.45, 2.75) is 13.1 Å². The second kappa shape index (κ2) is 8.87. The Hall–Kier alpha value is -2.31. The van der Waals surface area contributed by atoms with Crippen molar-refractivity contribution in [1.29, 1.82) is 0 Å². The van der Waals surface area contributed by atoms with E-state index in [1.165, 1.54) is 11.1 Å². The summed E-state index contributed by atoms with van der Waals surface area (Å²) in [4.78, 5) is 9.03. The summed E-state index contributed by atoms with van der Waals surface area (Å²) in [7, 11) is 4.93. The fourth-order valence-electron chi connectivity index (χ4n) is 3.34. The predicted octanol–water partition coefficient (Wildman–Crippen LogP) is 2.43. The molecular weight excluding hydrogens is 330 g/mol. The van der Waals surface area contributed by atoms with Crippen LogP contribution in [0, 0.1) is 0 Å². The summed E-state index contributed by atoms with van der Waals surface area (Å²) < 4.78 is 16.3. The van der Waals surface area contributed by atoms with Gasteiger partial charge in [0.05, 0.1) is 21.3 Å². The van der Waals surface area contributed by atoms with Gasteiger partial charge in [-0.3, -0.25) is 14.8 Å². The molecule has 1 aromatic carbocycles. The zero-order valence-electron chi connectivity index (χ0n) is 15.8. The van der Waals surface area contributed by atoms with Gasteiger partial charge in [-0.15, -0.1) is 0 Å². The quantitative estimate of drug-likeness (QED) is 0.758. The topological polar surface area (TPSA) is 47.1 Å². The van der Waals surface area contributed by atoms with Crippen LogP contribution in [0.4, 0.5) is 0 Å². The number of aromatic nitrogens is 1. The van der Waals surface area contributed by atoms with Crippen LogP contribution in [-0.2, 0) is 13.1 Å². The van der Waals surface area contributed by atoms with E-state index in [4.69, 9.17) is 14.2 Å². The summed E-state index contributed by atoms with van der Waals surface area (Å²) in [5.74, 6) is 2.05. The molecule has 6 heteroatoms. The zero-order valence-corrected chi connectivity index (χ0v) is 15.8. The predicted molar refractivity (Wildman–Crippen MR) is 101 cm³/mol. The standard InChI is InChI=1S/C20H27N3O3/c1-24-18-12-17(13-19(25-2)20(18)26-3)15-23-10-8-22(9-11-23)14-16-4-6-21-7-5-16/h4-7,12-13H,8-11,14-15H2,1-3H3. The number of hydrogen-bond donors (Lipinski definition) is 0. The molecule has 2 heterocycles. The number of rotatable bonds is 7. The van der Waals surface area contributed by atoms with E-state index in [1.54, 1.807) is 21.3 Å². The molecule has 1 aromatic heterocycles. The Balaban J connectivity index is 1.59. The molecule has 0 spiro atoms. The lowest BCUT2D eigenvalue weighted by atomic mass is 10.1. The van der Waals surface area contributed by atoms with Crippen molar-refractivity contribution in [2.24, 2.45) is 0 Å². The summed E-state index contributed by atoms with van der Waals surface area (Å²) in [6.45, 7) is 6.07. The van der Waals surface area contributed by atoms with Gasteiger partial charge in [-0.05, 0) is 35.4 Å². The first-order valence-corrected chi connectivity index (χ1v) is 8.86. The van der Waals surface area contributed by atoms with Crippen LogP contribution < -0.4 is 14.2 Å². The summed E-state index contributed by atoms with van der Waals surface area (Å²) in [6, 6.07) is 8.24. The van der Waals surface area contributed by atoms with Crippen LogP contribution in [0.2, 0.25) is 0 Å². The van der Waals surface area contributed by atoms with Crippen molar-refractivity contribution in [1.82, 2.24) is 14.8 Å². The van der Waals surface area contributed by atoms with Crippen LogP contribution in [0.25, 0.3) is 0 Å². The highest BCUT2D eigenvalue weighted by Crippen LogP contribution is 2.38. The third-order valence-electron chi connectivity index (χ3n) is 4.75. The number of ether oxygens (including phenoxy) is 3. The number of benzene rings is 1. The highest BCUT2D eigenvalue weighted by molar-refractivity contribution is 5.53. The van der Waals surface area contributed by atoms with Crippen molar-refractivity contribution in [3.8, 4) is 17.2 Å².